The van der Waals surface area contributed by atoms with Crippen LogP contribution in [-0.2, 0) is 6.54 Å². The van der Waals surface area contributed by atoms with Crippen molar-refractivity contribution in [3.63, 3.8) is 0 Å². The van der Waals surface area contributed by atoms with E-state index in [9.17, 15) is 0 Å². The molecule has 0 fully saturated rings. The van der Waals surface area contributed by atoms with E-state index in [1.807, 2.05) is 12.3 Å². The van der Waals surface area contributed by atoms with E-state index in [1.165, 1.54) is 16.5 Å². The van der Waals surface area contributed by atoms with Gasteiger partial charge >= 0.3 is 0 Å². The normalized spacial score (nSPS) is 11.6. The van der Waals surface area contributed by atoms with Crippen molar-refractivity contribution in [1.29, 1.82) is 0 Å². The highest BCUT2D eigenvalue weighted by atomic mass is 16.3. The topological polar surface area (TPSA) is 34.2 Å². The van der Waals surface area contributed by atoms with Crippen LogP contribution in [0.5, 0.6) is 0 Å². The van der Waals surface area contributed by atoms with E-state index in [1.54, 1.807) is 12.5 Å². The van der Waals surface area contributed by atoms with Crippen LogP contribution >= 0.6 is 0 Å². The Morgan fingerprint density at radius 2 is 2.00 bits per heavy atom. The Morgan fingerprint density at radius 1 is 1.14 bits per heavy atom. The van der Waals surface area contributed by atoms with Gasteiger partial charge in [-0.25, -0.2) is 0 Å². The molecule has 0 saturated heterocycles. The molecule has 3 rings (SSSR count). The Kier molecular flexibility index (Phi) is 4.06. The first kappa shape index (κ1) is 13.9. The third-order valence-corrected chi connectivity index (χ3v) is 4.02. The van der Waals surface area contributed by atoms with Gasteiger partial charge in [-0.1, -0.05) is 26.0 Å². The molecule has 0 bridgehead atoms. The highest BCUT2D eigenvalue weighted by molar-refractivity contribution is 5.84. The molecule has 0 N–H and O–H groups in total. The third-order valence-electron chi connectivity index (χ3n) is 4.02. The van der Waals surface area contributed by atoms with Crippen LogP contribution in [0.15, 0.2) is 47.4 Å². The molecular formula is C17H21N3O. The lowest BCUT2D eigenvalue weighted by molar-refractivity contribution is 0.287. The van der Waals surface area contributed by atoms with Crippen LogP contribution in [0.1, 0.15) is 13.8 Å². The number of furan rings is 1. The van der Waals surface area contributed by atoms with Gasteiger partial charge < -0.3 is 9.32 Å². The first-order chi connectivity index (χ1) is 10.3. The maximum atomic E-state index is 5.17. The van der Waals surface area contributed by atoms with E-state index in [4.69, 9.17) is 4.42 Å². The SMILES string of the molecule is CCN(CC)CCn1ncc2ccc(-c3ccoc3)cc21. The van der Waals surface area contributed by atoms with E-state index in [0.717, 1.165) is 31.7 Å². The lowest BCUT2D eigenvalue weighted by Gasteiger charge is -2.17. The zero-order chi connectivity index (χ0) is 14.7. The van der Waals surface area contributed by atoms with Crippen molar-refractivity contribution in [2.24, 2.45) is 0 Å². The number of likely N-dealkylation sites (N-methyl/N-ethyl adjacent to an activating group) is 1. The maximum Gasteiger partial charge on any atom is 0.0980 e. The fraction of sp³-hybridized carbons (Fsp3) is 0.353. The molecule has 110 valence electrons. The van der Waals surface area contributed by atoms with E-state index >= 15 is 0 Å². The summed E-state index contributed by atoms with van der Waals surface area (Å²) in [6.45, 7) is 8.50. The Bertz CT molecular complexity index is 696. The summed E-state index contributed by atoms with van der Waals surface area (Å²) < 4.78 is 7.27. The lowest BCUT2D eigenvalue weighted by Crippen LogP contribution is -2.27. The number of hydrogen-bond donors (Lipinski definition) is 0. The van der Waals surface area contributed by atoms with Gasteiger partial charge in [0.25, 0.3) is 0 Å². The minimum Gasteiger partial charge on any atom is -0.472 e. The Morgan fingerprint density at radius 3 is 2.71 bits per heavy atom. The Balaban J connectivity index is 1.87. The van der Waals surface area contributed by atoms with Crippen molar-refractivity contribution in [1.82, 2.24) is 14.7 Å². The average Bonchev–Trinajstić information content (AvgIpc) is 3.17. The standard InChI is InChI=1S/C17H21N3O/c1-3-19(4-2)8-9-20-17-11-14(16-7-10-21-13-16)5-6-15(17)12-18-20/h5-7,10-13H,3-4,8-9H2,1-2H3. The van der Waals surface area contributed by atoms with Crippen LogP contribution < -0.4 is 0 Å². The van der Waals surface area contributed by atoms with Crippen molar-refractivity contribution in [2.75, 3.05) is 19.6 Å². The second kappa shape index (κ2) is 6.14. The molecule has 0 radical (unpaired) electrons. The Labute approximate surface area is 125 Å². The number of hydrogen-bond acceptors (Lipinski definition) is 3. The molecule has 1 aromatic carbocycles. The number of rotatable bonds is 6. The minimum absolute atomic E-state index is 0.917. The van der Waals surface area contributed by atoms with Crippen LogP contribution in [0.3, 0.4) is 0 Å². The van der Waals surface area contributed by atoms with Crippen LogP contribution in [-0.4, -0.2) is 34.3 Å². The highest BCUT2D eigenvalue weighted by Crippen LogP contribution is 2.24. The van der Waals surface area contributed by atoms with Crippen LogP contribution in [0, 0.1) is 0 Å². The zero-order valence-corrected chi connectivity index (χ0v) is 12.6. The summed E-state index contributed by atoms with van der Waals surface area (Å²) in [5.41, 5.74) is 3.45. The summed E-state index contributed by atoms with van der Waals surface area (Å²) in [6.07, 6.45) is 5.42. The van der Waals surface area contributed by atoms with Gasteiger partial charge in [0.1, 0.15) is 0 Å². The molecule has 3 aromatic rings. The van der Waals surface area contributed by atoms with E-state index in [-0.39, 0.29) is 0 Å². The van der Waals surface area contributed by atoms with E-state index in [0.29, 0.717) is 0 Å². The summed E-state index contributed by atoms with van der Waals surface area (Å²) in [5, 5.41) is 5.71. The van der Waals surface area contributed by atoms with Crippen molar-refractivity contribution in [2.45, 2.75) is 20.4 Å². The molecule has 0 aliphatic rings. The van der Waals surface area contributed by atoms with Crippen molar-refractivity contribution in [3.05, 3.63) is 43.0 Å². The number of benzene rings is 1. The van der Waals surface area contributed by atoms with Crippen molar-refractivity contribution >= 4 is 10.9 Å². The predicted octanol–water partition coefficient (Wildman–Crippen LogP) is 3.64. The first-order valence-electron chi connectivity index (χ1n) is 7.52. The highest BCUT2D eigenvalue weighted by Gasteiger charge is 2.07. The summed E-state index contributed by atoms with van der Waals surface area (Å²) in [6, 6.07) is 8.41. The molecule has 0 aliphatic heterocycles. The van der Waals surface area contributed by atoms with Gasteiger partial charge in [0.15, 0.2) is 0 Å². The van der Waals surface area contributed by atoms with Gasteiger partial charge in [-0.05, 0) is 30.8 Å². The minimum atomic E-state index is 0.917. The lowest BCUT2D eigenvalue weighted by atomic mass is 10.1. The van der Waals surface area contributed by atoms with Gasteiger partial charge in [0, 0.05) is 17.5 Å². The van der Waals surface area contributed by atoms with Gasteiger partial charge in [-0.15, -0.1) is 0 Å². The second-order valence-corrected chi connectivity index (χ2v) is 5.18. The number of nitrogens with zero attached hydrogens (tertiary/aromatic N) is 3. The van der Waals surface area contributed by atoms with Crippen LogP contribution in [0.2, 0.25) is 0 Å². The largest absolute Gasteiger partial charge is 0.472 e. The van der Waals surface area contributed by atoms with Crippen molar-refractivity contribution in [3.8, 4) is 11.1 Å². The fourth-order valence-electron chi connectivity index (χ4n) is 2.63. The molecule has 0 spiro atoms. The van der Waals surface area contributed by atoms with Crippen LogP contribution in [0.25, 0.3) is 22.0 Å². The molecular weight excluding hydrogens is 262 g/mol. The van der Waals surface area contributed by atoms with Gasteiger partial charge in [-0.2, -0.15) is 5.10 Å². The third kappa shape index (κ3) is 2.85. The molecule has 0 atom stereocenters. The Hall–Kier alpha value is -2.07. The van der Waals surface area contributed by atoms with E-state index in [2.05, 4.69) is 46.7 Å². The molecule has 0 saturated carbocycles. The molecule has 21 heavy (non-hydrogen) atoms. The summed E-state index contributed by atoms with van der Waals surface area (Å²) in [4.78, 5) is 2.41. The summed E-state index contributed by atoms with van der Waals surface area (Å²) in [5.74, 6) is 0. The second-order valence-electron chi connectivity index (χ2n) is 5.18. The molecule has 0 unspecified atom stereocenters. The summed E-state index contributed by atoms with van der Waals surface area (Å²) in [7, 11) is 0. The molecule has 4 nitrogen and oxygen atoms in total. The number of aromatic nitrogens is 2. The molecule has 2 aromatic heterocycles. The smallest absolute Gasteiger partial charge is 0.0980 e. The van der Waals surface area contributed by atoms with Gasteiger partial charge in [0.2, 0.25) is 0 Å². The van der Waals surface area contributed by atoms with E-state index < -0.39 is 0 Å². The average molecular weight is 283 g/mol. The van der Waals surface area contributed by atoms with Gasteiger partial charge in [-0.3, -0.25) is 4.68 Å². The van der Waals surface area contributed by atoms with Crippen molar-refractivity contribution < 1.29 is 4.42 Å². The fourth-order valence-corrected chi connectivity index (χ4v) is 2.63. The number of fused-ring (bicyclic) bond motifs is 1. The molecule has 4 heteroatoms. The molecule has 2 heterocycles. The quantitative estimate of drug-likeness (QED) is 0.692. The monoisotopic (exact) mass is 283 g/mol. The molecule has 0 aliphatic carbocycles. The zero-order valence-electron chi connectivity index (χ0n) is 12.6. The first-order valence-corrected chi connectivity index (χ1v) is 7.52. The van der Waals surface area contributed by atoms with Gasteiger partial charge in [0.05, 0.1) is 30.8 Å². The maximum absolute atomic E-state index is 5.17. The predicted molar refractivity (Wildman–Crippen MR) is 85.2 cm³/mol. The molecule has 0 amide bonds. The van der Waals surface area contributed by atoms with Crippen LogP contribution in [0.4, 0.5) is 0 Å². The summed E-state index contributed by atoms with van der Waals surface area (Å²) >= 11 is 0.